The van der Waals surface area contributed by atoms with Crippen LogP contribution in [-0.4, -0.2) is 31.6 Å². The van der Waals surface area contributed by atoms with Gasteiger partial charge in [0.15, 0.2) is 0 Å². The SMILES string of the molecule is Oc1ccc(/C=N/c2ncn[nH]2)c(O)c1. The van der Waals surface area contributed by atoms with Crippen molar-refractivity contribution >= 4 is 12.2 Å². The van der Waals surface area contributed by atoms with E-state index >= 15 is 0 Å². The van der Waals surface area contributed by atoms with Crippen molar-refractivity contribution in [3.05, 3.63) is 30.1 Å². The fraction of sp³-hybridized carbons (Fsp3) is 0. The smallest absolute Gasteiger partial charge is 0.245 e. The molecule has 0 unspecified atom stereocenters. The van der Waals surface area contributed by atoms with Crippen molar-refractivity contribution in [2.24, 2.45) is 4.99 Å². The Kier molecular flexibility index (Phi) is 2.32. The lowest BCUT2D eigenvalue weighted by atomic mass is 10.2. The second kappa shape index (κ2) is 3.79. The van der Waals surface area contributed by atoms with Crippen LogP contribution in [0.1, 0.15) is 5.56 Å². The molecule has 76 valence electrons. The largest absolute Gasteiger partial charge is 0.508 e. The van der Waals surface area contributed by atoms with E-state index in [9.17, 15) is 5.11 Å². The van der Waals surface area contributed by atoms with E-state index in [2.05, 4.69) is 20.2 Å². The number of aliphatic imine (C=N–C) groups is 1. The minimum absolute atomic E-state index is 0.00400. The molecule has 6 nitrogen and oxygen atoms in total. The van der Waals surface area contributed by atoms with Crippen molar-refractivity contribution in [1.82, 2.24) is 15.2 Å². The number of benzene rings is 1. The molecule has 0 atom stereocenters. The van der Waals surface area contributed by atoms with Gasteiger partial charge in [-0.05, 0) is 12.1 Å². The summed E-state index contributed by atoms with van der Waals surface area (Å²) in [5, 5.41) is 24.6. The fourth-order valence-corrected chi connectivity index (χ4v) is 1.03. The zero-order valence-corrected chi connectivity index (χ0v) is 7.62. The Labute approximate surface area is 85.0 Å². The molecular formula is C9H8N4O2. The predicted octanol–water partition coefficient (Wildman–Crippen LogP) is 0.966. The highest BCUT2D eigenvalue weighted by atomic mass is 16.3. The van der Waals surface area contributed by atoms with Crippen molar-refractivity contribution in [2.45, 2.75) is 0 Å². The van der Waals surface area contributed by atoms with Gasteiger partial charge >= 0.3 is 0 Å². The maximum Gasteiger partial charge on any atom is 0.245 e. The third-order valence-corrected chi connectivity index (χ3v) is 1.74. The number of aromatic hydroxyl groups is 2. The van der Waals surface area contributed by atoms with Gasteiger partial charge in [0.1, 0.15) is 17.8 Å². The van der Waals surface area contributed by atoms with Crippen molar-refractivity contribution in [1.29, 1.82) is 0 Å². The molecule has 0 aliphatic rings. The van der Waals surface area contributed by atoms with Gasteiger partial charge in [-0.15, -0.1) is 0 Å². The van der Waals surface area contributed by atoms with E-state index in [1.165, 1.54) is 24.7 Å². The molecule has 0 fully saturated rings. The molecule has 0 spiro atoms. The van der Waals surface area contributed by atoms with E-state index in [0.717, 1.165) is 0 Å². The molecule has 0 bridgehead atoms. The van der Waals surface area contributed by atoms with E-state index in [0.29, 0.717) is 11.5 Å². The Morgan fingerprint density at radius 1 is 1.33 bits per heavy atom. The predicted molar refractivity (Wildman–Crippen MR) is 53.4 cm³/mol. The van der Waals surface area contributed by atoms with Gasteiger partial charge < -0.3 is 10.2 Å². The van der Waals surface area contributed by atoms with Crippen LogP contribution >= 0.6 is 0 Å². The number of nitrogens with one attached hydrogen (secondary N) is 1. The number of hydrogen-bond acceptors (Lipinski definition) is 5. The van der Waals surface area contributed by atoms with Crippen molar-refractivity contribution < 1.29 is 10.2 Å². The van der Waals surface area contributed by atoms with Crippen LogP contribution in [0.5, 0.6) is 11.5 Å². The van der Waals surface area contributed by atoms with Crippen molar-refractivity contribution in [3.8, 4) is 11.5 Å². The number of rotatable bonds is 2. The lowest BCUT2D eigenvalue weighted by molar-refractivity contribution is 0.450. The molecule has 0 aliphatic heterocycles. The second-order valence-corrected chi connectivity index (χ2v) is 2.81. The Morgan fingerprint density at radius 3 is 2.87 bits per heavy atom. The first kappa shape index (κ1) is 9.20. The summed E-state index contributed by atoms with van der Waals surface area (Å²) in [6.07, 6.45) is 2.76. The molecule has 0 saturated heterocycles. The van der Waals surface area contributed by atoms with Crippen LogP contribution in [0.4, 0.5) is 5.95 Å². The maximum absolute atomic E-state index is 9.42. The highest BCUT2D eigenvalue weighted by Gasteiger charge is 1.99. The number of phenols is 2. The number of aromatic amines is 1. The van der Waals surface area contributed by atoms with Gasteiger partial charge in [-0.25, -0.2) is 10.1 Å². The average molecular weight is 204 g/mol. The second-order valence-electron chi connectivity index (χ2n) is 2.81. The Hall–Kier alpha value is -2.37. The highest BCUT2D eigenvalue weighted by molar-refractivity contribution is 5.84. The summed E-state index contributed by atoms with van der Waals surface area (Å²) in [6, 6.07) is 4.24. The molecular weight excluding hydrogens is 196 g/mol. The summed E-state index contributed by atoms with van der Waals surface area (Å²) < 4.78 is 0. The molecule has 0 saturated carbocycles. The minimum Gasteiger partial charge on any atom is -0.508 e. The lowest BCUT2D eigenvalue weighted by Gasteiger charge is -1.97. The van der Waals surface area contributed by atoms with Gasteiger partial charge in [0.05, 0.1) is 0 Å². The summed E-state index contributed by atoms with van der Waals surface area (Å²) in [7, 11) is 0. The van der Waals surface area contributed by atoms with E-state index in [1.807, 2.05) is 0 Å². The minimum atomic E-state index is -0.0433. The zero-order valence-electron chi connectivity index (χ0n) is 7.62. The average Bonchev–Trinajstić information content (AvgIpc) is 2.69. The van der Waals surface area contributed by atoms with Gasteiger partial charge in [0, 0.05) is 17.8 Å². The number of H-pyrrole nitrogens is 1. The van der Waals surface area contributed by atoms with Crippen LogP contribution in [0.15, 0.2) is 29.5 Å². The summed E-state index contributed by atoms with van der Waals surface area (Å²) in [5.41, 5.74) is 0.490. The molecule has 2 rings (SSSR count). The van der Waals surface area contributed by atoms with Crippen LogP contribution in [0, 0.1) is 0 Å². The number of nitrogens with zero attached hydrogens (tertiary/aromatic N) is 3. The fourth-order valence-electron chi connectivity index (χ4n) is 1.03. The summed E-state index contributed by atoms with van der Waals surface area (Å²) in [5.74, 6) is 0.310. The Balaban J connectivity index is 2.24. The normalized spacial score (nSPS) is 10.9. The van der Waals surface area contributed by atoms with Crippen LogP contribution in [0.25, 0.3) is 0 Å². The van der Waals surface area contributed by atoms with Gasteiger partial charge in [-0.1, -0.05) is 0 Å². The van der Waals surface area contributed by atoms with Gasteiger partial charge in [-0.2, -0.15) is 10.1 Å². The van der Waals surface area contributed by atoms with Crippen LogP contribution in [0.2, 0.25) is 0 Å². The van der Waals surface area contributed by atoms with Crippen LogP contribution < -0.4 is 0 Å². The first-order valence-corrected chi connectivity index (χ1v) is 4.17. The molecule has 1 aromatic heterocycles. The molecule has 15 heavy (non-hydrogen) atoms. The van der Waals surface area contributed by atoms with Crippen molar-refractivity contribution in [2.75, 3.05) is 0 Å². The van der Waals surface area contributed by atoms with Gasteiger partial charge in [0.25, 0.3) is 0 Å². The Bertz CT molecular complexity index is 479. The number of phenolic OH excluding ortho intramolecular Hbond substituents is 2. The number of aromatic nitrogens is 3. The third-order valence-electron chi connectivity index (χ3n) is 1.74. The van der Waals surface area contributed by atoms with Gasteiger partial charge in [0.2, 0.25) is 5.95 Å². The standard InChI is InChI=1S/C9H8N4O2/c14-7-2-1-6(8(15)3-7)4-10-9-11-5-12-13-9/h1-5,14-15H,(H,11,12,13)/b10-4+. The topological polar surface area (TPSA) is 94.4 Å². The number of hydrogen-bond donors (Lipinski definition) is 3. The van der Waals surface area contributed by atoms with E-state index in [1.54, 1.807) is 6.07 Å². The quantitative estimate of drug-likeness (QED) is 0.635. The van der Waals surface area contributed by atoms with Crippen LogP contribution in [0.3, 0.4) is 0 Å². The lowest BCUT2D eigenvalue weighted by Crippen LogP contribution is -1.82. The molecule has 0 amide bonds. The first-order chi connectivity index (χ1) is 7.25. The molecule has 2 aromatic rings. The molecule has 1 heterocycles. The first-order valence-electron chi connectivity index (χ1n) is 4.17. The molecule has 6 heteroatoms. The van der Waals surface area contributed by atoms with E-state index in [4.69, 9.17) is 5.11 Å². The van der Waals surface area contributed by atoms with Crippen LogP contribution in [-0.2, 0) is 0 Å². The maximum atomic E-state index is 9.42. The molecule has 1 aromatic carbocycles. The highest BCUT2D eigenvalue weighted by Crippen LogP contribution is 2.21. The third kappa shape index (κ3) is 2.11. The Morgan fingerprint density at radius 2 is 2.20 bits per heavy atom. The van der Waals surface area contributed by atoms with Gasteiger partial charge in [-0.3, -0.25) is 0 Å². The molecule has 3 N–H and O–H groups in total. The summed E-state index contributed by atoms with van der Waals surface area (Å²) in [6.45, 7) is 0. The zero-order chi connectivity index (χ0) is 10.7. The molecule has 0 radical (unpaired) electrons. The monoisotopic (exact) mass is 204 g/mol. The van der Waals surface area contributed by atoms with Crippen molar-refractivity contribution in [3.63, 3.8) is 0 Å². The molecule has 0 aliphatic carbocycles. The van der Waals surface area contributed by atoms with E-state index in [-0.39, 0.29) is 11.5 Å². The summed E-state index contributed by atoms with van der Waals surface area (Å²) in [4.78, 5) is 7.71. The van der Waals surface area contributed by atoms with E-state index < -0.39 is 0 Å². The summed E-state index contributed by atoms with van der Waals surface area (Å²) >= 11 is 0.